The second-order valence-electron chi connectivity index (χ2n) is 7.51. The lowest BCUT2D eigenvalue weighted by atomic mass is 10.2. The Hall–Kier alpha value is -3.16. The van der Waals surface area contributed by atoms with Crippen LogP contribution < -0.4 is 15.5 Å². The second-order valence-corrected chi connectivity index (χ2v) is 7.51. The van der Waals surface area contributed by atoms with E-state index < -0.39 is 0 Å². The summed E-state index contributed by atoms with van der Waals surface area (Å²) in [6.07, 6.45) is 0. The molecule has 154 valence electrons. The van der Waals surface area contributed by atoms with E-state index in [0.717, 1.165) is 37.6 Å². The Bertz CT molecular complexity index is 873. The third-order valence-corrected chi connectivity index (χ3v) is 4.80. The number of nitrogens with one attached hydrogen (secondary N) is 2. The van der Waals surface area contributed by atoms with E-state index in [-0.39, 0.29) is 17.7 Å². The van der Waals surface area contributed by atoms with Gasteiger partial charge < -0.3 is 20.4 Å². The zero-order chi connectivity index (χ0) is 21.0. The molecule has 0 bridgehead atoms. The number of carbonyl (C=O) groups excluding carboxylic acids is 2. The number of Topliss-reactive ketones (excluding diaryl/α,β-unsaturated/α-hetero) is 1. The summed E-state index contributed by atoms with van der Waals surface area (Å²) >= 11 is 0. The first-order valence-corrected chi connectivity index (χ1v) is 9.86. The van der Waals surface area contributed by atoms with Gasteiger partial charge in [0.05, 0.1) is 5.69 Å². The largest absolute Gasteiger partial charge is 0.381 e. The molecule has 1 saturated heterocycles. The number of hydrogen-bond acceptors (Lipinski definition) is 7. The van der Waals surface area contributed by atoms with Crippen molar-refractivity contribution >= 4 is 34.6 Å². The molecule has 0 atom stereocenters. The Balaban J connectivity index is 1.68. The number of benzene rings is 1. The number of aromatic nitrogens is 2. The monoisotopic (exact) mass is 396 g/mol. The topological polar surface area (TPSA) is 90.5 Å². The van der Waals surface area contributed by atoms with Crippen molar-refractivity contribution < 1.29 is 9.59 Å². The van der Waals surface area contributed by atoms with Gasteiger partial charge in [0.15, 0.2) is 17.3 Å². The highest BCUT2D eigenvalue weighted by molar-refractivity contribution is 5.97. The third kappa shape index (κ3) is 5.22. The quantitative estimate of drug-likeness (QED) is 0.726. The van der Waals surface area contributed by atoms with Gasteiger partial charge in [0, 0.05) is 63.5 Å². The van der Waals surface area contributed by atoms with Crippen LogP contribution in [0.2, 0.25) is 0 Å². The summed E-state index contributed by atoms with van der Waals surface area (Å²) in [5.41, 5.74) is 3.02. The predicted octanol–water partition coefficient (Wildman–Crippen LogP) is 2.91. The van der Waals surface area contributed by atoms with E-state index in [1.165, 1.54) is 6.92 Å². The summed E-state index contributed by atoms with van der Waals surface area (Å²) in [5, 5.41) is 14.7. The van der Waals surface area contributed by atoms with Crippen LogP contribution >= 0.6 is 0 Å². The van der Waals surface area contributed by atoms with Crippen LogP contribution in [0.5, 0.6) is 0 Å². The molecule has 1 fully saturated rings. The van der Waals surface area contributed by atoms with Gasteiger partial charge >= 0.3 is 0 Å². The molecule has 2 heterocycles. The second kappa shape index (κ2) is 8.89. The van der Waals surface area contributed by atoms with E-state index in [1.54, 1.807) is 13.0 Å². The van der Waals surface area contributed by atoms with E-state index in [2.05, 4.69) is 37.9 Å². The van der Waals surface area contributed by atoms with Gasteiger partial charge in [-0.3, -0.25) is 9.59 Å². The molecule has 8 nitrogen and oxygen atoms in total. The standard InChI is InChI=1S/C21H28N6O2/c1-14(2)22-19-13-20(24-25-21(19)15(3)28)23-17-5-7-18(8-6-17)27-11-9-26(10-12-27)16(4)29/h5-8,13-14H,9-12H2,1-4H3,(H2,22,23,24). The molecule has 29 heavy (non-hydrogen) atoms. The molecule has 0 saturated carbocycles. The highest BCUT2D eigenvalue weighted by atomic mass is 16.2. The summed E-state index contributed by atoms with van der Waals surface area (Å²) in [5.74, 6) is 0.579. The molecule has 1 aromatic carbocycles. The maximum absolute atomic E-state index is 11.8. The Morgan fingerprint density at radius 1 is 1.00 bits per heavy atom. The number of ketones is 1. The van der Waals surface area contributed by atoms with Crippen molar-refractivity contribution in [2.45, 2.75) is 33.7 Å². The molecule has 2 aromatic rings. The van der Waals surface area contributed by atoms with Crippen molar-refractivity contribution in [3.05, 3.63) is 36.0 Å². The Morgan fingerprint density at radius 2 is 1.66 bits per heavy atom. The van der Waals surface area contributed by atoms with Crippen molar-refractivity contribution in [1.82, 2.24) is 15.1 Å². The first-order chi connectivity index (χ1) is 13.8. The van der Waals surface area contributed by atoms with Crippen LogP contribution in [0.4, 0.5) is 22.9 Å². The van der Waals surface area contributed by atoms with Gasteiger partial charge in [0.1, 0.15) is 0 Å². The van der Waals surface area contributed by atoms with Gasteiger partial charge in [-0.15, -0.1) is 10.2 Å². The SMILES string of the molecule is CC(=O)c1nnc(Nc2ccc(N3CCN(C(C)=O)CC3)cc2)cc1NC(C)C. The molecule has 0 unspecified atom stereocenters. The zero-order valence-electron chi connectivity index (χ0n) is 17.4. The molecule has 1 aromatic heterocycles. The molecule has 1 aliphatic heterocycles. The molecular weight excluding hydrogens is 368 g/mol. The minimum absolute atomic E-state index is 0.124. The molecule has 3 rings (SSSR count). The Labute approximate surface area is 171 Å². The lowest BCUT2D eigenvalue weighted by Crippen LogP contribution is -2.48. The van der Waals surface area contributed by atoms with Gasteiger partial charge in [-0.1, -0.05) is 0 Å². The molecule has 0 aliphatic carbocycles. The van der Waals surface area contributed by atoms with Crippen LogP contribution in [0.3, 0.4) is 0 Å². The van der Waals surface area contributed by atoms with Crippen LogP contribution in [0.1, 0.15) is 38.2 Å². The minimum Gasteiger partial charge on any atom is -0.381 e. The molecule has 2 N–H and O–H groups in total. The van der Waals surface area contributed by atoms with Crippen molar-refractivity contribution in [2.24, 2.45) is 0 Å². The maximum Gasteiger partial charge on any atom is 0.219 e. The summed E-state index contributed by atoms with van der Waals surface area (Å²) in [6.45, 7) is 10.3. The van der Waals surface area contributed by atoms with E-state index in [4.69, 9.17) is 0 Å². The van der Waals surface area contributed by atoms with Crippen molar-refractivity contribution in [3.8, 4) is 0 Å². The summed E-state index contributed by atoms with van der Waals surface area (Å²) in [4.78, 5) is 27.4. The fraction of sp³-hybridized carbons (Fsp3) is 0.429. The van der Waals surface area contributed by atoms with Crippen LogP contribution in [0, 0.1) is 0 Å². The lowest BCUT2D eigenvalue weighted by molar-refractivity contribution is -0.129. The third-order valence-electron chi connectivity index (χ3n) is 4.80. The number of amides is 1. The average molecular weight is 396 g/mol. The molecule has 1 amide bonds. The maximum atomic E-state index is 11.8. The Kier molecular flexibility index (Phi) is 6.31. The number of nitrogens with zero attached hydrogens (tertiary/aromatic N) is 4. The number of piperazine rings is 1. The number of carbonyl (C=O) groups is 2. The minimum atomic E-state index is -0.124. The molecule has 8 heteroatoms. The lowest BCUT2D eigenvalue weighted by Gasteiger charge is -2.35. The normalized spacial score (nSPS) is 14.1. The van der Waals surface area contributed by atoms with Crippen molar-refractivity contribution in [1.29, 1.82) is 0 Å². The van der Waals surface area contributed by atoms with Crippen LogP contribution in [0.15, 0.2) is 30.3 Å². The first kappa shape index (κ1) is 20.6. The highest BCUT2D eigenvalue weighted by Crippen LogP contribution is 2.24. The molecule has 0 spiro atoms. The van der Waals surface area contributed by atoms with Crippen molar-refractivity contribution in [3.63, 3.8) is 0 Å². The van der Waals surface area contributed by atoms with Gasteiger partial charge in [-0.05, 0) is 38.1 Å². The molecule has 0 radical (unpaired) electrons. The average Bonchev–Trinajstić information content (AvgIpc) is 2.68. The van der Waals surface area contributed by atoms with E-state index in [1.807, 2.05) is 30.9 Å². The smallest absolute Gasteiger partial charge is 0.219 e. The predicted molar refractivity (Wildman–Crippen MR) is 115 cm³/mol. The van der Waals surface area contributed by atoms with Crippen molar-refractivity contribution in [2.75, 3.05) is 41.7 Å². The van der Waals surface area contributed by atoms with Gasteiger partial charge in [-0.2, -0.15) is 0 Å². The van der Waals surface area contributed by atoms with E-state index >= 15 is 0 Å². The highest BCUT2D eigenvalue weighted by Gasteiger charge is 2.18. The number of anilines is 4. The van der Waals surface area contributed by atoms with E-state index in [9.17, 15) is 9.59 Å². The van der Waals surface area contributed by atoms with Gasteiger partial charge in [-0.25, -0.2) is 0 Å². The fourth-order valence-electron chi connectivity index (χ4n) is 3.32. The Morgan fingerprint density at radius 3 is 2.21 bits per heavy atom. The zero-order valence-corrected chi connectivity index (χ0v) is 17.4. The van der Waals surface area contributed by atoms with Crippen LogP contribution in [-0.4, -0.2) is 59.0 Å². The number of rotatable bonds is 6. The van der Waals surface area contributed by atoms with Crippen LogP contribution in [-0.2, 0) is 4.79 Å². The summed E-state index contributed by atoms with van der Waals surface area (Å²) in [6, 6.07) is 10.1. The van der Waals surface area contributed by atoms with Gasteiger partial charge in [0.25, 0.3) is 0 Å². The molecular formula is C21H28N6O2. The van der Waals surface area contributed by atoms with E-state index in [0.29, 0.717) is 17.2 Å². The summed E-state index contributed by atoms with van der Waals surface area (Å²) in [7, 11) is 0. The van der Waals surface area contributed by atoms with Gasteiger partial charge in [0.2, 0.25) is 5.91 Å². The molecule has 1 aliphatic rings. The summed E-state index contributed by atoms with van der Waals surface area (Å²) < 4.78 is 0. The number of hydrogen-bond donors (Lipinski definition) is 2. The first-order valence-electron chi connectivity index (χ1n) is 9.86. The van der Waals surface area contributed by atoms with Crippen LogP contribution in [0.25, 0.3) is 0 Å². The fourth-order valence-corrected chi connectivity index (χ4v) is 3.32.